The van der Waals surface area contributed by atoms with Crippen molar-refractivity contribution in [1.82, 2.24) is 4.31 Å². The lowest BCUT2D eigenvalue weighted by Gasteiger charge is -2.31. The average Bonchev–Trinajstić information content (AvgIpc) is 2.85. The second kappa shape index (κ2) is 9.94. The Bertz CT molecular complexity index is 1180. The predicted octanol–water partition coefficient (Wildman–Crippen LogP) is 3.88. The van der Waals surface area contributed by atoms with E-state index in [0.29, 0.717) is 54.4 Å². The highest BCUT2D eigenvalue weighted by atomic mass is 32.2. The first kappa shape index (κ1) is 23.3. The molecule has 0 aromatic heterocycles. The number of piperidine rings is 1. The number of nitrogens with one attached hydrogen (secondary N) is 1. The van der Waals surface area contributed by atoms with Gasteiger partial charge < -0.3 is 10.1 Å². The Kier molecular flexibility index (Phi) is 7.01. The van der Waals surface area contributed by atoms with Crippen LogP contribution in [0.15, 0.2) is 41.3 Å². The van der Waals surface area contributed by atoms with Gasteiger partial charge in [0.2, 0.25) is 15.9 Å². The van der Waals surface area contributed by atoms with Gasteiger partial charge in [-0.05, 0) is 86.9 Å². The summed E-state index contributed by atoms with van der Waals surface area (Å²) in [6.45, 7) is 2.89. The lowest BCUT2D eigenvalue weighted by molar-refractivity contribution is -0.120. The number of fused-ring (bicyclic) bond motifs is 1. The standard InChI is InChI=1S/C25H29N3O4S/c1-2-32-24-10-7-18(17-26)15-23(24)27-25(29)20-11-13-28(14-12-20)33(30,31)22-9-8-19-5-3-4-6-21(19)16-22/h7-10,15-16,20H,2-6,11-14H2,1H3,(H,27,29). The lowest BCUT2D eigenvalue weighted by atomic mass is 9.92. The molecule has 0 radical (unpaired) electrons. The van der Waals surface area contributed by atoms with Gasteiger partial charge in [-0.15, -0.1) is 0 Å². The predicted molar refractivity (Wildman–Crippen MR) is 126 cm³/mol. The Hall–Kier alpha value is -2.89. The molecule has 7 nitrogen and oxygen atoms in total. The molecule has 0 spiro atoms. The van der Waals surface area contributed by atoms with Crippen LogP contribution in [-0.2, 0) is 27.7 Å². The molecular formula is C25H29N3O4S. The highest BCUT2D eigenvalue weighted by Crippen LogP contribution is 2.30. The highest BCUT2D eigenvalue weighted by molar-refractivity contribution is 7.89. The zero-order chi connectivity index (χ0) is 23.4. The van der Waals surface area contributed by atoms with Crippen molar-refractivity contribution in [1.29, 1.82) is 5.26 Å². The van der Waals surface area contributed by atoms with E-state index in [1.807, 2.05) is 19.1 Å². The number of amides is 1. The molecule has 174 valence electrons. The van der Waals surface area contributed by atoms with Gasteiger partial charge in [-0.25, -0.2) is 8.42 Å². The van der Waals surface area contributed by atoms with Crippen molar-refractivity contribution in [3.63, 3.8) is 0 Å². The fourth-order valence-corrected chi connectivity index (χ4v) is 6.11. The Labute approximate surface area is 195 Å². The van der Waals surface area contributed by atoms with Crippen LogP contribution in [0.1, 0.15) is 49.3 Å². The number of nitriles is 1. The van der Waals surface area contributed by atoms with Gasteiger partial charge in [0.05, 0.1) is 28.8 Å². The van der Waals surface area contributed by atoms with Crippen LogP contribution in [0.2, 0.25) is 0 Å². The number of carbonyl (C=O) groups is 1. The molecule has 0 unspecified atom stereocenters. The summed E-state index contributed by atoms with van der Waals surface area (Å²) < 4.78 is 33.5. The van der Waals surface area contributed by atoms with Crippen LogP contribution in [0.3, 0.4) is 0 Å². The van der Waals surface area contributed by atoms with Gasteiger partial charge >= 0.3 is 0 Å². The quantitative estimate of drug-likeness (QED) is 0.695. The largest absolute Gasteiger partial charge is 0.492 e. The first-order valence-corrected chi connectivity index (χ1v) is 13.0. The van der Waals surface area contributed by atoms with E-state index in [2.05, 4.69) is 11.4 Å². The number of nitrogens with zero attached hydrogens (tertiary/aromatic N) is 2. The molecule has 1 heterocycles. The minimum absolute atomic E-state index is 0.183. The van der Waals surface area contributed by atoms with Gasteiger partial charge in [0.1, 0.15) is 5.75 Å². The Balaban J connectivity index is 1.42. The van der Waals surface area contributed by atoms with E-state index >= 15 is 0 Å². The molecule has 1 aliphatic carbocycles. The van der Waals surface area contributed by atoms with Gasteiger partial charge in [-0.3, -0.25) is 4.79 Å². The summed E-state index contributed by atoms with van der Waals surface area (Å²) in [4.78, 5) is 13.2. The highest BCUT2D eigenvalue weighted by Gasteiger charge is 2.32. The summed E-state index contributed by atoms with van der Waals surface area (Å²) in [5.74, 6) is 0.0225. The number of hydrogen-bond acceptors (Lipinski definition) is 5. The Morgan fingerprint density at radius 1 is 1.12 bits per heavy atom. The van der Waals surface area contributed by atoms with Gasteiger partial charge in [0.25, 0.3) is 0 Å². The number of benzene rings is 2. The molecule has 2 aliphatic rings. The summed E-state index contributed by atoms with van der Waals surface area (Å²) >= 11 is 0. The van der Waals surface area contributed by atoms with E-state index in [9.17, 15) is 13.2 Å². The zero-order valence-corrected chi connectivity index (χ0v) is 19.7. The van der Waals surface area contributed by atoms with Crippen molar-refractivity contribution in [2.24, 2.45) is 5.92 Å². The van der Waals surface area contributed by atoms with Crippen LogP contribution >= 0.6 is 0 Å². The molecular weight excluding hydrogens is 438 g/mol. The minimum atomic E-state index is -3.58. The molecule has 2 aromatic carbocycles. The van der Waals surface area contributed by atoms with E-state index in [1.54, 1.807) is 24.3 Å². The van der Waals surface area contributed by atoms with Crippen molar-refractivity contribution in [2.45, 2.75) is 50.3 Å². The summed E-state index contributed by atoms with van der Waals surface area (Å²) in [5.41, 5.74) is 3.29. The second-order valence-electron chi connectivity index (χ2n) is 8.56. The van der Waals surface area contributed by atoms with E-state index in [0.717, 1.165) is 31.2 Å². The van der Waals surface area contributed by atoms with Gasteiger partial charge in [0, 0.05) is 19.0 Å². The third kappa shape index (κ3) is 5.05. The fraction of sp³-hybridized carbons (Fsp3) is 0.440. The topological polar surface area (TPSA) is 99.5 Å². The van der Waals surface area contributed by atoms with Crippen molar-refractivity contribution in [3.05, 3.63) is 53.1 Å². The number of anilines is 1. The van der Waals surface area contributed by atoms with Gasteiger partial charge in [-0.2, -0.15) is 9.57 Å². The van der Waals surface area contributed by atoms with E-state index < -0.39 is 10.0 Å². The van der Waals surface area contributed by atoms with Crippen molar-refractivity contribution in [3.8, 4) is 11.8 Å². The summed E-state index contributed by atoms with van der Waals surface area (Å²) in [7, 11) is -3.58. The smallest absolute Gasteiger partial charge is 0.243 e. The molecule has 0 bridgehead atoms. The van der Waals surface area contributed by atoms with Crippen LogP contribution in [0.5, 0.6) is 5.75 Å². The molecule has 1 fully saturated rings. The summed E-state index contributed by atoms with van der Waals surface area (Å²) in [6.07, 6.45) is 5.08. The van der Waals surface area contributed by atoms with Crippen molar-refractivity contribution < 1.29 is 17.9 Å². The summed E-state index contributed by atoms with van der Waals surface area (Å²) in [6, 6.07) is 12.5. The number of rotatable bonds is 6. The normalized spacial score (nSPS) is 17.1. The number of carbonyl (C=O) groups excluding carboxylic acids is 1. The van der Waals surface area contributed by atoms with E-state index in [1.165, 1.54) is 9.87 Å². The maximum absolute atomic E-state index is 13.2. The molecule has 1 amide bonds. The van der Waals surface area contributed by atoms with Crippen LogP contribution < -0.4 is 10.1 Å². The number of aryl methyl sites for hydroxylation is 2. The number of sulfonamides is 1. The zero-order valence-electron chi connectivity index (χ0n) is 18.8. The van der Waals surface area contributed by atoms with E-state index in [-0.39, 0.29) is 11.8 Å². The SMILES string of the molecule is CCOc1ccc(C#N)cc1NC(=O)C1CCN(S(=O)(=O)c2ccc3c(c2)CCCC3)CC1. The molecule has 8 heteroatoms. The molecule has 0 saturated carbocycles. The van der Waals surface area contributed by atoms with Crippen LogP contribution in [0.25, 0.3) is 0 Å². The number of ether oxygens (including phenoxy) is 1. The van der Waals surface area contributed by atoms with E-state index in [4.69, 9.17) is 10.00 Å². The fourth-order valence-electron chi connectivity index (χ4n) is 4.59. The first-order chi connectivity index (χ1) is 15.9. The van der Waals surface area contributed by atoms with Gasteiger partial charge in [-0.1, -0.05) is 6.07 Å². The van der Waals surface area contributed by atoms with Crippen molar-refractivity contribution in [2.75, 3.05) is 25.0 Å². The van der Waals surface area contributed by atoms with Crippen molar-refractivity contribution >= 4 is 21.6 Å². The van der Waals surface area contributed by atoms with Crippen LogP contribution in [-0.4, -0.2) is 38.3 Å². The van der Waals surface area contributed by atoms with Gasteiger partial charge in [0.15, 0.2) is 0 Å². The molecule has 33 heavy (non-hydrogen) atoms. The van der Waals surface area contributed by atoms with Crippen LogP contribution in [0, 0.1) is 17.2 Å². The Morgan fingerprint density at radius 2 is 1.85 bits per heavy atom. The molecule has 1 saturated heterocycles. The summed E-state index contributed by atoms with van der Waals surface area (Å²) in [5, 5.41) is 12.0. The molecule has 0 atom stereocenters. The molecule has 2 aromatic rings. The monoisotopic (exact) mass is 467 g/mol. The third-order valence-corrected chi connectivity index (χ3v) is 8.34. The maximum Gasteiger partial charge on any atom is 0.243 e. The Morgan fingerprint density at radius 3 is 2.55 bits per heavy atom. The molecule has 4 rings (SSSR count). The molecule has 1 N–H and O–H groups in total. The van der Waals surface area contributed by atoms with Crippen LogP contribution in [0.4, 0.5) is 5.69 Å². The third-order valence-electron chi connectivity index (χ3n) is 6.45. The maximum atomic E-state index is 13.2. The lowest BCUT2D eigenvalue weighted by Crippen LogP contribution is -2.41. The second-order valence-corrected chi connectivity index (χ2v) is 10.5. The first-order valence-electron chi connectivity index (χ1n) is 11.5. The minimum Gasteiger partial charge on any atom is -0.492 e. The molecule has 1 aliphatic heterocycles. The average molecular weight is 468 g/mol. The number of hydrogen-bond donors (Lipinski definition) is 1.